The van der Waals surface area contributed by atoms with Gasteiger partial charge in [-0.3, -0.25) is 0 Å². The van der Waals surface area contributed by atoms with Crippen LogP contribution in [0.15, 0.2) is 0 Å². The molecule has 0 aromatic carbocycles. The van der Waals surface area contributed by atoms with Crippen molar-refractivity contribution in [2.75, 3.05) is 19.6 Å². The van der Waals surface area contributed by atoms with E-state index in [0.29, 0.717) is 12.0 Å². The molecule has 0 bridgehead atoms. The van der Waals surface area contributed by atoms with Gasteiger partial charge >= 0.3 is 0 Å². The molecule has 1 aliphatic heterocycles. The van der Waals surface area contributed by atoms with Crippen LogP contribution in [-0.2, 0) is 0 Å². The number of nitrogens with one attached hydrogen (secondary N) is 2. The first-order valence-electron chi connectivity index (χ1n) is 5.98. The molecule has 0 aromatic heterocycles. The lowest BCUT2D eigenvalue weighted by Crippen LogP contribution is -2.37. The fourth-order valence-electron chi connectivity index (χ4n) is 2.63. The van der Waals surface area contributed by atoms with Gasteiger partial charge in [0.1, 0.15) is 0 Å². The molecule has 3 atom stereocenters. The molecule has 0 aromatic rings. The van der Waals surface area contributed by atoms with E-state index in [9.17, 15) is 5.11 Å². The zero-order chi connectivity index (χ0) is 9.80. The maximum atomic E-state index is 9.63. The van der Waals surface area contributed by atoms with Gasteiger partial charge in [0.25, 0.3) is 0 Å². The zero-order valence-electron chi connectivity index (χ0n) is 8.84. The minimum absolute atomic E-state index is 0.0426. The molecule has 3 nitrogen and oxygen atoms in total. The van der Waals surface area contributed by atoms with Crippen LogP contribution in [0.4, 0.5) is 0 Å². The Labute approximate surface area is 86.3 Å². The van der Waals surface area contributed by atoms with Gasteiger partial charge in [-0.05, 0) is 38.1 Å². The second kappa shape index (κ2) is 5.10. The minimum Gasteiger partial charge on any atom is -0.393 e. The van der Waals surface area contributed by atoms with Crippen LogP contribution in [0.2, 0.25) is 0 Å². The van der Waals surface area contributed by atoms with Crippen LogP contribution in [0.1, 0.15) is 32.1 Å². The molecular weight excluding hydrogens is 176 g/mol. The summed E-state index contributed by atoms with van der Waals surface area (Å²) in [6, 6.07) is 0.675. The Hall–Kier alpha value is -0.120. The topological polar surface area (TPSA) is 44.3 Å². The van der Waals surface area contributed by atoms with Crippen molar-refractivity contribution < 1.29 is 5.11 Å². The van der Waals surface area contributed by atoms with Gasteiger partial charge in [0.15, 0.2) is 0 Å². The lowest BCUT2D eigenvalue weighted by atomic mass is 10.1. The molecule has 2 rings (SSSR count). The first kappa shape index (κ1) is 10.4. The van der Waals surface area contributed by atoms with Crippen molar-refractivity contribution in [1.82, 2.24) is 10.6 Å². The van der Waals surface area contributed by atoms with E-state index in [1.807, 2.05) is 0 Å². The van der Waals surface area contributed by atoms with Gasteiger partial charge in [0, 0.05) is 19.1 Å². The molecule has 3 N–H and O–H groups in total. The normalized spacial score (nSPS) is 37.9. The Balaban J connectivity index is 1.57. The molecule has 3 heteroatoms. The van der Waals surface area contributed by atoms with Gasteiger partial charge in [-0.25, -0.2) is 0 Å². The fraction of sp³-hybridized carbons (Fsp3) is 1.00. The Bertz CT molecular complexity index is 169. The highest BCUT2D eigenvalue weighted by Crippen LogP contribution is 2.24. The highest BCUT2D eigenvalue weighted by atomic mass is 16.3. The van der Waals surface area contributed by atoms with E-state index >= 15 is 0 Å². The maximum Gasteiger partial charge on any atom is 0.0580 e. The predicted molar refractivity (Wildman–Crippen MR) is 57.2 cm³/mol. The van der Waals surface area contributed by atoms with Crippen LogP contribution in [0.5, 0.6) is 0 Å². The minimum atomic E-state index is -0.0426. The van der Waals surface area contributed by atoms with E-state index in [0.717, 1.165) is 19.5 Å². The summed E-state index contributed by atoms with van der Waals surface area (Å²) in [6.07, 6.45) is 5.99. The van der Waals surface area contributed by atoms with Gasteiger partial charge in [0.05, 0.1) is 6.10 Å². The smallest absolute Gasteiger partial charge is 0.0580 e. The molecule has 0 spiro atoms. The molecule has 3 unspecified atom stereocenters. The molecule has 0 radical (unpaired) electrons. The number of aliphatic hydroxyl groups excluding tert-OH is 1. The monoisotopic (exact) mass is 198 g/mol. The lowest BCUT2D eigenvalue weighted by Gasteiger charge is -2.17. The number of rotatable bonds is 4. The highest BCUT2D eigenvalue weighted by molar-refractivity contribution is 4.81. The summed E-state index contributed by atoms with van der Waals surface area (Å²) in [5.41, 5.74) is 0. The van der Waals surface area contributed by atoms with Crippen LogP contribution < -0.4 is 10.6 Å². The summed E-state index contributed by atoms with van der Waals surface area (Å²) in [4.78, 5) is 0. The molecule has 1 aliphatic carbocycles. The van der Waals surface area contributed by atoms with Crippen LogP contribution in [0, 0.1) is 5.92 Å². The summed E-state index contributed by atoms with van der Waals surface area (Å²) in [5, 5.41) is 16.6. The second-order valence-electron chi connectivity index (χ2n) is 4.71. The Morgan fingerprint density at radius 3 is 2.71 bits per heavy atom. The summed E-state index contributed by atoms with van der Waals surface area (Å²) in [6.45, 7) is 3.25. The molecule has 1 heterocycles. The van der Waals surface area contributed by atoms with Gasteiger partial charge in [-0.1, -0.05) is 6.42 Å². The summed E-state index contributed by atoms with van der Waals surface area (Å²) in [7, 11) is 0. The molecule has 0 amide bonds. The highest BCUT2D eigenvalue weighted by Gasteiger charge is 2.24. The Kier molecular flexibility index (Phi) is 3.79. The molecule has 2 fully saturated rings. The summed E-state index contributed by atoms with van der Waals surface area (Å²) in [5.74, 6) is 0.511. The van der Waals surface area contributed by atoms with Gasteiger partial charge < -0.3 is 15.7 Å². The fourth-order valence-corrected chi connectivity index (χ4v) is 2.63. The predicted octanol–water partition coefficient (Wildman–Crippen LogP) is 0.489. The van der Waals surface area contributed by atoms with Gasteiger partial charge in [-0.15, -0.1) is 0 Å². The average Bonchev–Trinajstić information content (AvgIpc) is 2.78. The molecule has 1 saturated carbocycles. The maximum absolute atomic E-state index is 9.63. The van der Waals surface area contributed by atoms with Crippen molar-refractivity contribution in [2.45, 2.75) is 44.2 Å². The molecule has 2 aliphatic rings. The van der Waals surface area contributed by atoms with Gasteiger partial charge in [0.2, 0.25) is 0 Å². The van der Waals surface area contributed by atoms with E-state index in [1.165, 1.54) is 32.2 Å². The lowest BCUT2D eigenvalue weighted by molar-refractivity contribution is 0.131. The van der Waals surface area contributed by atoms with Crippen molar-refractivity contribution in [3.63, 3.8) is 0 Å². The quantitative estimate of drug-likeness (QED) is 0.616. The average molecular weight is 198 g/mol. The van der Waals surface area contributed by atoms with E-state index in [1.54, 1.807) is 0 Å². The van der Waals surface area contributed by atoms with Crippen molar-refractivity contribution in [2.24, 2.45) is 5.92 Å². The van der Waals surface area contributed by atoms with Gasteiger partial charge in [-0.2, -0.15) is 0 Å². The Morgan fingerprint density at radius 2 is 2.07 bits per heavy atom. The van der Waals surface area contributed by atoms with E-state index < -0.39 is 0 Å². The first-order valence-corrected chi connectivity index (χ1v) is 5.98. The summed E-state index contributed by atoms with van der Waals surface area (Å²) >= 11 is 0. The first-order chi connectivity index (χ1) is 6.86. The van der Waals surface area contributed by atoms with E-state index in [4.69, 9.17) is 0 Å². The third-order valence-corrected chi connectivity index (χ3v) is 3.58. The zero-order valence-corrected chi connectivity index (χ0v) is 8.84. The third kappa shape index (κ3) is 2.69. The molecule has 82 valence electrons. The molecular formula is C11H22N2O. The van der Waals surface area contributed by atoms with E-state index in [2.05, 4.69) is 10.6 Å². The third-order valence-electron chi connectivity index (χ3n) is 3.58. The Morgan fingerprint density at radius 1 is 1.14 bits per heavy atom. The van der Waals surface area contributed by atoms with Crippen molar-refractivity contribution in [1.29, 1.82) is 0 Å². The van der Waals surface area contributed by atoms with Crippen LogP contribution >= 0.6 is 0 Å². The van der Waals surface area contributed by atoms with Crippen LogP contribution in [-0.4, -0.2) is 36.9 Å². The SMILES string of the molecule is OC1CCCC1CNCC1CCCN1. The number of aliphatic hydroxyl groups is 1. The van der Waals surface area contributed by atoms with Crippen molar-refractivity contribution in [3.05, 3.63) is 0 Å². The van der Waals surface area contributed by atoms with Crippen LogP contribution in [0.3, 0.4) is 0 Å². The van der Waals surface area contributed by atoms with E-state index in [-0.39, 0.29) is 6.10 Å². The largest absolute Gasteiger partial charge is 0.393 e. The number of hydrogen-bond acceptors (Lipinski definition) is 3. The molecule has 14 heavy (non-hydrogen) atoms. The van der Waals surface area contributed by atoms with Crippen molar-refractivity contribution >= 4 is 0 Å². The van der Waals surface area contributed by atoms with Crippen molar-refractivity contribution in [3.8, 4) is 0 Å². The van der Waals surface area contributed by atoms with Crippen LogP contribution in [0.25, 0.3) is 0 Å². The standard InChI is InChI=1S/C11H22N2O/c14-11-5-1-3-9(11)7-12-8-10-4-2-6-13-10/h9-14H,1-8H2. The molecule has 1 saturated heterocycles. The summed E-state index contributed by atoms with van der Waals surface area (Å²) < 4.78 is 0. The second-order valence-corrected chi connectivity index (χ2v) is 4.71. The number of hydrogen-bond donors (Lipinski definition) is 3.